The molecule has 0 heterocycles. The normalized spacial score (nSPS) is 16.7. The van der Waals surface area contributed by atoms with Crippen LogP contribution in [0, 0.1) is 5.92 Å². The number of carbonyl (C=O) groups is 1. The third-order valence-electron chi connectivity index (χ3n) is 4.79. The van der Waals surface area contributed by atoms with Gasteiger partial charge in [0.2, 0.25) is 11.2 Å². The zero-order valence-electron chi connectivity index (χ0n) is 15.5. The van der Waals surface area contributed by atoms with Crippen LogP contribution in [0.25, 0.3) is 10.8 Å². The molecule has 0 spiro atoms. The first-order chi connectivity index (χ1) is 13.0. The molecule has 1 saturated carbocycles. The quantitative estimate of drug-likeness (QED) is 0.327. The minimum atomic E-state index is -2.43. The van der Waals surface area contributed by atoms with Crippen molar-refractivity contribution in [3.63, 3.8) is 0 Å². The summed E-state index contributed by atoms with van der Waals surface area (Å²) in [6.07, 6.45) is 3.78. The lowest BCUT2D eigenvalue weighted by Crippen LogP contribution is -2.44. The first-order valence-electron chi connectivity index (χ1n) is 9.26. The van der Waals surface area contributed by atoms with Gasteiger partial charge in [-0.15, -0.1) is 0 Å². The van der Waals surface area contributed by atoms with E-state index in [0.29, 0.717) is 5.75 Å². The fourth-order valence-corrected chi connectivity index (χ4v) is 4.50. The van der Waals surface area contributed by atoms with Gasteiger partial charge in [0, 0.05) is 5.39 Å². The highest BCUT2D eigenvalue weighted by Gasteiger charge is 2.46. The number of benzene rings is 2. The Morgan fingerprint density at radius 1 is 1.15 bits per heavy atom. The second kappa shape index (κ2) is 9.01. The third kappa shape index (κ3) is 4.78. The van der Waals surface area contributed by atoms with Crippen molar-refractivity contribution in [1.82, 2.24) is 4.83 Å². The van der Waals surface area contributed by atoms with Gasteiger partial charge >= 0.3 is 13.3 Å². The zero-order valence-corrected chi connectivity index (χ0v) is 17.2. The van der Waals surface area contributed by atoms with Crippen molar-refractivity contribution in [3.8, 4) is 5.75 Å². The lowest BCUT2D eigenvalue weighted by Gasteiger charge is -2.24. The predicted octanol–water partition coefficient (Wildman–Crippen LogP) is 5.84. The number of rotatable bonds is 7. The Labute approximate surface area is 165 Å². The van der Waals surface area contributed by atoms with Crippen molar-refractivity contribution in [3.05, 3.63) is 42.5 Å². The summed E-state index contributed by atoms with van der Waals surface area (Å²) < 4.78 is 17.9. The van der Waals surface area contributed by atoms with Crippen LogP contribution in [0.5, 0.6) is 5.75 Å². The molecule has 2 atom stereocenters. The van der Waals surface area contributed by atoms with Gasteiger partial charge in [0.25, 0.3) is 0 Å². The molecule has 3 rings (SSSR count). The number of hydroxylamine groups is 1. The topological polar surface area (TPSA) is 55.8 Å². The van der Waals surface area contributed by atoms with Gasteiger partial charge < -0.3 is 9.57 Å². The van der Waals surface area contributed by atoms with Gasteiger partial charge in [-0.3, -0.25) is 4.79 Å². The number of ether oxygens (including phenoxy) is 1. The molecule has 1 aliphatic rings. The molecule has 27 heavy (non-hydrogen) atoms. The maximum Gasteiger partial charge on any atom is 0.593 e. The van der Waals surface area contributed by atoms with Crippen molar-refractivity contribution in [2.24, 2.45) is 5.92 Å². The molecule has 0 N–H and O–H groups in total. The molecular weight excluding hydrogens is 385 g/mol. The molecule has 144 valence electrons. The SMILES string of the molecule is CC(C)[C@@H](C(=O)OC1CCCC1)N(Oc1cccc2ccccc12)[P+](=O)Cl. The molecule has 0 radical (unpaired) electrons. The average molecular weight is 409 g/mol. The van der Waals surface area contributed by atoms with E-state index in [1.165, 1.54) is 0 Å². The first-order valence-corrected chi connectivity index (χ1v) is 11.4. The molecule has 0 bridgehead atoms. The Hall–Kier alpha value is -1.68. The summed E-state index contributed by atoms with van der Waals surface area (Å²) in [7, 11) is -2.43. The molecular formula is C20H24ClNO4P+. The van der Waals surface area contributed by atoms with Gasteiger partial charge in [-0.05, 0) is 47.6 Å². The summed E-state index contributed by atoms with van der Waals surface area (Å²) >= 11 is 5.95. The Balaban J connectivity index is 1.87. The van der Waals surface area contributed by atoms with Crippen molar-refractivity contribution in [2.45, 2.75) is 51.7 Å². The van der Waals surface area contributed by atoms with Crippen molar-refractivity contribution in [1.29, 1.82) is 0 Å². The molecule has 7 heteroatoms. The van der Waals surface area contributed by atoms with Crippen LogP contribution in [0.2, 0.25) is 0 Å². The minimum absolute atomic E-state index is 0.0774. The predicted molar refractivity (Wildman–Crippen MR) is 107 cm³/mol. The summed E-state index contributed by atoms with van der Waals surface area (Å²) in [4.78, 5) is 19.8. The Kier molecular flexibility index (Phi) is 6.69. The van der Waals surface area contributed by atoms with Crippen LogP contribution in [0.1, 0.15) is 39.5 Å². The second-order valence-corrected chi connectivity index (χ2v) is 8.84. The summed E-state index contributed by atoms with van der Waals surface area (Å²) in [5.41, 5.74) is 0. The Morgan fingerprint density at radius 3 is 2.48 bits per heavy atom. The highest BCUT2D eigenvalue weighted by molar-refractivity contribution is 7.71. The summed E-state index contributed by atoms with van der Waals surface area (Å²) in [5.74, 6) is -0.135. The standard InChI is InChI=1S/C20H24ClNO4P/c1-14(2)19(20(23)25-16-10-4-5-11-16)22(27(21)24)26-18-13-7-9-15-8-3-6-12-17(15)18/h3,6-9,12-14,16,19H,4-5,10-11H2,1-2H3/q+1/t19-/m0/s1. The van der Waals surface area contributed by atoms with Crippen molar-refractivity contribution >= 4 is 35.3 Å². The summed E-state index contributed by atoms with van der Waals surface area (Å²) in [5, 5.41) is 1.83. The van der Waals surface area contributed by atoms with Crippen LogP contribution < -0.4 is 4.84 Å². The smallest absolute Gasteiger partial charge is 0.461 e. The third-order valence-corrected chi connectivity index (χ3v) is 5.88. The van der Waals surface area contributed by atoms with E-state index < -0.39 is 19.3 Å². The maximum atomic E-state index is 12.8. The molecule has 0 amide bonds. The number of hydrogen-bond donors (Lipinski definition) is 0. The molecule has 2 aromatic carbocycles. The molecule has 2 aromatic rings. The number of fused-ring (bicyclic) bond motifs is 1. The highest BCUT2D eigenvalue weighted by Crippen LogP contribution is 2.39. The first kappa shape index (κ1) is 20.1. The van der Waals surface area contributed by atoms with Gasteiger partial charge in [0.15, 0.2) is 11.8 Å². The Morgan fingerprint density at radius 2 is 1.81 bits per heavy atom. The van der Waals surface area contributed by atoms with E-state index in [1.54, 1.807) is 6.07 Å². The van der Waals surface area contributed by atoms with Crippen LogP contribution in [0.15, 0.2) is 42.5 Å². The number of carbonyl (C=O) groups excluding carboxylic acids is 1. The van der Waals surface area contributed by atoms with E-state index in [1.807, 2.05) is 50.2 Å². The van der Waals surface area contributed by atoms with Gasteiger partial charge in [0.05, 0.1) is 0 Å². The molecule has 0 saturated heterocycles. The number of hydrogen-bond acceptors (Lipinski definition) is 4. The largest absolute Gasteiger partial charge is 0.593 e. The number of esters is 1. The monoisotopic (exact) mass is 408 g/mol. The molecule has 5 nitrogen and oxygen atoms in total. The van der Waals surface area contributed by atoms with Gasteiger partial charge in [-0.25, -0.2) is 0 Å². The fourth-order valence-electron chi connectivity index (χ4n) is 3.42. The minimum Gasteiger partial charge on any atom is -0.461 e. The summed E-state index contributed by atoms with van der Waals surface area (Å²) in [6.45, 7) is 3.71. The second-order valence-electron chi connectivity index (χ2n) is 7.13. The highest BCUT2D eigenvalue weighted by atomic mass is 35.7. The van der Waals surface area contributed by atoms with E-state index in [0.717, 1.165) is 41.3 Å². The molecule has 1 aliphatic carbocycles. The van der Waals surface area contributed by atoms with Crippen molar-refractivity contribution in [2.75, 3.05) is 0 Å². The van der Waals surface area contributed by atoms with E-state index >= 15 is 0 Å². The van der Waals surface area contributed by atoms with Crippen LogP contribution in [0.4, 0.5) is 0 Å². The van der Waals surface area contributed by atoms with Crippen LogP contribution >= 0.6 is 18.5 Å². The molecule has 0 aliphatic heterocycles. The zero-order chi connectivity index (χ0) is 19.4. The van der Waals surface area contributed by atoms with E-state index in [4.69, 9.17) is 20.8 Å². The van der Waals surface area contributed by atoms with E-state index in [2.05, 4.69) is 0 Å². The Bertz CT molecular complexity index is 817. The van der Waals surface area contributed by atoms with E-state index in [9.17, 15) is 9.36 Å². The lowest BCUT2D eigenvalue weighted by molar-refractivity contribution is -0.163. The van der Waals surface area contributed by atoms with Crippen LogP contribution in [-0.4, -0.2) is 22.9 Å². The van der Waals surface area contributed by atoms with Crippen LogP contribution in [-0.2, 0) is 14.1 Å². The molecule has 0 aromatic heterocycles. The molecule has 1 fully saturated rings. The maximum absolute atomic E-state index is 12.8. The van der Waals surface area contributed by atoms with Gasteiger partial charge in [-0.2, -0.15) is 0 Å². The average Bonchev–Trinajstić information content (AvgIpc) is 3.14. The van der Waals surface area contributed by atoms with E-state index in [-0.39, 0.29) is 12.0 Å². The van der Waals surface area contributed by atoms with Gasteiger partial charge in [0.1, 0.15) is 10.9 Å². The molecule has 1 unspecified atom stereocenters. The van der Waals surface area contributed by atoms with Crippen molar-refractivity contribution < 1.29 is 18.9 Å². The lowest BCUT2D eigenvalue weighted by atomic mass is 10.1. The summed E-state index contributed by atoms with van der Waals surface area (Å²) in [6, 6.07) is 12.4. The number of nitrogens with zero attached hydrogens (tertiary/aromatic N) is 1. The van der Waals surface area contributed by atoms with Crippen LogP contribution in [0.3, 0.4) is 0 Å². The number of halogens is 1. The van der Waals surface area contributed by atoms with Gasteiger partial charge in [-0.1, -0.05) is 50.2 Å². The fraction of sp³-hybridized carbons (Fsp3) is 0.450.